The summed E-state index contributed by atoms with van der Waals surface area (Å²) in [6.07, 6.45) is 5.94. The third-order valence-corrected chi connectivity index (χ3v) is 5.47. The fourth-order valence-corrected chi connectivity index (χ4v) is 3.70. The highest BCUT2D eigenvalue weighted by Gasteiger charge is 2.43. The Labute approximate surface area is 122 Å². The van der Waals surface area contributed by atoms with Gasteiger partial charge in [-0.15, -0.1) is 0 Å². The molecule has 1 fully saturated rings. The summed E-state index contributed by atoms with van der Waals surface area (Å²) in [6.45, 7) is 6.14. The normalized spacial score (nSPS) is 26.1. The van der Waals surface area contributed by atoms with E-state index in [0.29, 0.717) is 23.5 Å². The summed E-state index contributed by atoms with van der Waals surface area (Å²) in [4.78, 5) is 0. The molecule has 1 aromatic carbocycles. The maximum absolute atomic E-state index is 9.21. The summed E-state index contributed by atoms with van der Waals surface area (Å²) >= 11 is 0. The molecule has 0 spiro atoms. The number of nitrogens with one attached hydrogen (secondary N) is 1. The highest BCUT2D eigenvalue weighted by molar-refractivity contribution is 5.34. The molecule has 2 aliphatic carbocycles. The van der Waals surface area contributed by atoms with Gasteiger partial charge in [0.25, 0.3) is 0 Å². The van der Waals surface area contributed by atoms with Crippen molar-refractivity contribution in [2.75, 3.05) is 13.2 Å². The molecule has 1 aromatic rings. The standard InChI is InChI=1S/C18H27NO/c1-17(2)8-7-14-5-3-4-6-15(14)16(17)19-13-18(9-10-18)11-12-20/h3-6,16,19-20H,7-13H2,1-2H3. The van der Waals surface area contributed by atoms with E-state index >= 15 is 0 Å². The first-order chi connectivity index (χ1) is 9.56. The summed E-state index contributed by atoms with van der Waals surface area (Å²) in [6, 6.07) is 9.33. The Bertz CT molecular complexity index is 476. The van der Waals surface area contributed by atoms with Crippen LogP contribution in [0.4, 0.5) is 0 Å². The molecule has 3 rings (SSSR count). The lowest BCUT2D eigenvalue weighted by Crippen LogP contribution is -2.40. The zero-order valence-electron chi connectivity index (χ0n) is 12.8. The van der Waals surface area contributed by atoms with Gasteiger partial charge in [0, 0.05) is 19.2 Å². The monoisotopic (exact) mass is 273 g/mol. The predicted octanol–water partition coefficient (Wildman–Crippen LogP) is 3.45. The fourth-order valence-electron chi connectivity index (χ4n) is 3.70. The molecule has 1 atom stereocenters. The van der Waals surface area contributed by atoms with Crippen LogP contribution in [0.5, 0.6) is 0 Å². The topological polar surface area (TPSA) is 32.3 Å². The highest BCUT2D eigenvalue weighted by atomic mass is 16.3. The van der Waals surface area contributed by atoms with Crippen molar-refractivity contribution in [1.29, 1.82) is 0 Å². The maximum Gasteiger partial charge on any atom is 0.0436 e. The van der Waals surface area contributed by atoms with Crippen LogP contribution in [0.2, 0.25) is 0 Å². The van der Waals surface area contributed by atoms with Crippen molar-refractivity contribution in [2.24, 2.45) is 10.8 Å². The van der Waals surface area contributed by atoms with E-state index in [9.17, 15) is 5.11 Å². The Morgan fingerprint density at radius 2 is 1.95 bits per heavy atom. The van der Waals surface area contributed by atoms with Gasteiger partial charge in [-0.05, 0) is 54.1 Å². The Balaban J connectivity index is 1.76. The second-order valence-electron chi connectivity index (χ2n) is 7.47. The lowest BCUT2D eigenvalue weighted by Gasteiger charge is -2.41. The van der Waals surface area contributed by atoms with E-state index in [4.69, 9.17) is 0 Å². The number of aliphatic hydroxyl groups excluding tert-OH is 1. The largest absolute Gasteiger partial charge is 0.396 e. The Hall–Kier alpha value is -0.860. The SMILES string of the molecule is CC1(C)CCc2ccccc2C1NCC1(CCO)CC1. The Morgan fingerprint density at radius 1 is 1.20 bits per heavy atom. The van der Waals surface area contributed by atoms with Gasteiger partial charge in [-0.25, -0.2) is 0 Å². The van der Waals surface area contributed by atoms with Crippen molar-refractivity contribution >= 4 is 0 Å². The first kappa shape index (κ1) is 14.1. The Morgan fingerprint density at radius 3 is 2.65 bits per heavy atom. The molecule has 0 aromatic heterocycles. The smallest absolute Gasteiger partial charge is 0.0436 e. The highest BCUT2D eigenvalue weighted by Crippen LogP contribution is 2.50. The van der Waals surface area contributed by atoms with Gasteiger partial charge >= 0.3 is 0 Å². The number of hydrogen-bond donors (Lipinski definition) is 2. The number of benzene rings is 1. The van der Waals surface area contributed by atoms with E-state index in [1.807, 2.05) is 0 Å². The zero-order chi connectivity index (χ0) is 14.2. The van der Waals surface area contributed by atoms with E-state index in [1.165, 1.54) is 36.8 Å². The van der Waals surface area contributed by atoms with E-state index < -0.39 is 0 Å². The fraction of sp³-hybridized carbons (Fsp3) is 0.667. The third kappa shape index (κ3) is 2.64. The molecule has 2 aliphatic rings. The lowest BCUT2D eigenvalue weighted by atomic mass is 9.70. The molecule has 0 heterocycles. The van der Waals surface area contributed by atoms with Crippen molar-refractivity contribution < 1.29 is 5.11 Å². The van der Waals surface area contributed by atoms with Gasteiger partial charge in [0.05, 0.1) is 0 Å². The number of fused-ring (bicyclic) bond motifs is 1. The molecule has 2 N–H and O–H groups in total. The van der Waals surface area contributed by atoms with Gasteiger partial charge in [0.2, 0.25) is 0 Å². The summed E-state index contributed by atoms with van der Waals surface area (Å²) in [5.41, 5.74) is 3.70. The van der Waals surface area contributed by atoms with E-state index in [2.05, 4.69) is 43.4 Å². The van der Waals surface area contributed by atoms with Crippen molar-refractivity contribution in [3.63, 3.8) is 0 Å². The molecule has 0 bridgehead atoms. The van der Waals surface area contributed by atoms with Crippen LogP contribution in [0, 0.1) is 10.8 Å². The van der Waals surface area contributed by atoms with Crippen LogP contribution in [0.15, 0.2) is 24.3 Å². The van der Waals surface area contributed by atoms with Crippen LogP contribution in [-0.2, 0) is 6.42 Å². The predicted molar refractivity (Wildman–Crippen MR) is 82.7 cm³/mol. The molecule has 0 amide bonds. The number of hydrogen-bond acceptors (Lipinski definition) is 2. The first-order valence-electron chi connectivity index (χ1n) is 7.98. The molecule has 110 valence electrons. The second-order valence-corrected chi connectivity index (χ2v) is 7.47. The Kier molecular flexibility index (Phi) is 3.64. The van der Waals surface area contributed by atoms with Crippen LogP contribution in [0.1, 0.15) is 56.7 Å². The van der Waals surface area contributed by atoms with E-state index in [1.54, 1.807) is 0 Å². The average molecular weight is 273 g/mol. The molecule has 1 unspecified atom stereocenters. The quantitative estimate of drug-likeness (QED) is 0.861. The summed E-state index contributed by atoms with van der Waals surface area (Å²) < 4.78 is 0. The summed E-state index contributed by atoms with van der Waals surface area (Å²) in [7, 11) is 0. The van der Waals surface area contributed by atoms with Crippen LogP contribution in [0.3, 0.4) is 0 Å². The average Bonchev–Trinajstić information content (AvgIpc) is 3.18. The minimum atomic E-state index is 0.309. The van der Waals surface area contributed by atoms with Gasteiger partial charge in [-0.2, -0.15) is 0 Å². The van der Waals surface area contributed by atoms with Gasteiger partial charge in [-0.3, -0.25) is 0 Å². The number of aryl methyl sites for hydroxylation is 1. The van der Waals surface area contributed by atoms with E-state index in [0.717, 1.165) is 13.0 Å². The van der Waals surface area contributed by atoms with Crippen LogP contribution >= 0.6 is 0 Å². The minimum Gasteiger partial charge on any atom is -0.396 e. The molecule has 2 heteroatoms. The molecule has 2 nitrogen and oxygen atoms in total. The lowest BCUT2D eigenvalue weighted by molar-refractivity contribution is 0.187. The second kappa shape index (κ2) is 5.16. The molecular weight excluding hydrogens is 246 g/mol. The molecule has 0 aliphatic heterocycles. The van der Waals surface area contributed by atoms with Gasteiger partial charge in [-0.1, -0.05) is 38.1 Å². The molecular formula is C18H27NO. The maximum atomic E-state index is 9.21. The van der Waals surface area contributed by atoms with Crippen molar-refractivity contribution in [3.05, 3.63) is 35.4 Å². The zero-order valence-corrected chi connectivity index (χ0v) is 12.8. The van der Waals surface area contributed by atoms with Crippen molar-refractivity contribution in [1.82, 2.24) is 5.32 Å². The van der Waals surface area contributed by atoms with Crippen LogP contribution in [-0.4, -0.2) is 18.3 Å². The molecule has 0 radical (unpaired) electrons. The van der Waals surface area contributed by atoms with Gasteiger partial charge < -0.3 is 10.4 Å². The summed E-state index contributed by atoms with van der Waals surface area (Å²) in [5, 5.41) is 13.1. The first-order valence-corrected chi connectivity index (χ1v) is 7.98. The van der Waals surface area contributed by atoms with Gasteiger partial charge in [0.1, 0.15) is 0 Å². The van der Waals surface area contributed by atoms with Crippen LogP contribution < -0.4 is 5.32 Å². The van der Waals surface area contributed by atoms with Crippen LogP contribution in [0.25, 0.3) is 0 Å². The minimum absolute atomic E-state index is 0.309. The van der Waals surface area contributed by atoms with Gasteiger partial charge in [0.15, 0.2) is 0 Å². The van der Waals surface area contributed by atoms with Crippen molar-refractivity contribution in [3.8, 4) is 0 Å². The third-order valence-electron chi connectivity index (χ3n) is 5.47. The summed E-state index contributed by atoms with van der Waals surface area (Å²) in [5.74, 6) is 0. The van der Waals surface area contributed by atoms with Crippen molar-refractivity contribution in [2.45, 2.75) is 52.0 Å². The number of aliphatic hydroxyl groups is 1. The van der Waals surface area contributed by atoms with E-state index in [-0.39, 0.29) is 0 Å². The molecule has 0 saturated heterocycles. The number of rotatable bonds is 5. The molecule has 20 heavy (non-hydrogen) atoms. The molecule has 1 saturated carbocycles.